The topological polar surface area (TPSA) is 77.4 Å². The number of methoxy groups -OCH3 is 1. The minimum absolute atomic E-state index is 0.141. The Kier molecular flexibility index (Phi) is 6.52. The summed E-state index contributed by atoms with van der Waals surface area (Å²) in [5, 5.41) is 5.14. The van der Waals surface area contributed by atoms with Crippen LogP contribution in [0, 0.1) is 5.92 Å². The molecule has 0 saturated carbocycles. The van der Waals surface area contributed by atoms with Crippen LogP contribution in [0.4, 0.5) is 5.00 Å². The first-order valence-electron chi connectivity index (χ1n) is 8.06. The fourth-order valence-corrected chi connectivity index (χ4v) is 3.44. The average molecular weight is 362 g/mol. The molecule has 0 aliphatic heterocycles. The monoisotopic (exact) mass is 362 g/mol. The highest BCUT2D eigenvalue weighted by Crippen LogP contribution is 2.30. The van der Waals surface area contributed by atoms with Gasteiger partial charge in [-0.1, -0.05) is 19.9 Å². The van der Waals surface area contributed by atoms with E-state index in [2.05, 4.69) is 19.2 Å². The summed E-state index contributed by atoms with van der Waals surface area (Å²) in [6.07, 6.45) is 2.51. The summed E-state index contributed by atoms with van der Waals surface area (Å²) >= 11 is 1.31. The van der Waals surface area contributed by atoms with Crippen molar-refractivity contribution >= 4 is 28.2 Å². The molecular formula is C18H22N2O4S. The lowest BCUT2D eigenvalue weighted by atomic mass is 10.0. The van der Waals surface area contributed by atoms with E-state index in [0.29, 0.717) is 16.5 Å². The van der Waals surface area contributed by atoms with Crippen molar-refractivity contribution in [3.63, 3.8) is 0 Å². The fraction of sp³-hybridized carbons (Fsp3) is 0.389. The van der Waals surface area contributed by atoms with Crippen molar-refractivity contribution in [2.45, 2.75) is 33.2 Å². The van der Waals surface area contributed by atoms with Crippen LogP contribution in [0.25, 0.3) is 0 Å². The molecule has 6 nitrogen and oxygen atoms in total. The van der Waals surface area contributed by atoms with E-state index in [9.17, 15) is 14.4 Å². The summed E-state index contributed by atoms with van der Waals surface area (Å²) in [6, 6.07) is 4.85. The van der Waals surface area contributed by atoms with Crippen LogP contribution >= 0.6 is 11.3 Å². The molecule has 0 aliphatic rings. The molecule has 2 aromatic heterocycles. The average Bonchev–Trinajstić information content (AvgIpc) is 2.95. The second-order valence-corrected chi connectivity index (χ2v) is 6.96. The number of anilines is 1. The number of carbonyl (C=O) groups is 2. The normalized spacial score (nSPS) is 10.7. The first kappa shape index (κ1) is 18.9. The molecule has 0 aliphatic carbocycles. The van der Waals surface area contributed by atoms with Crippen molar-refractivity contribution < 1.29 is 14.3 Å². The van der Waals surface area contributed by atoms with Crippen LogP contribution in [-0.2, 0) is 22.5 Å². The maximum atomic E-state index is 12.2. The zero-order valence-electron chi connectivity index (χ0n) is 14.6. The molecular weight excluding hydrogens is 340 g/mol. The Bertz CT molecular complexity index is 807. The Labute approximate surface area is 150 Å². The van der Waals surface area contributed by atoms with Gasteiger partial charge in [0.25, 0.3) is 5.56 Å². The van der Waals surface area contributed by atoms with E-state index >= 15 is 0 Å². The van der Waals surface area contributed by atoms with Gasteiger partial charge in [0.1, 0.15) is 5.00 Å². The van der Waals surface area contributed by atoms with Crippen LogP contribution in [0.2, 0.25) is 0 Å². The molecule has 0 bridgehead atoms. The van der Waals surface area contributed by atoms with Crippen LogP contribution in [0.1, 0.15) is 36.2 Å². The van der Waals surface area contributed by atoms with Gasteiger partial charge < -0.3 is 14.6 Å². The van der Waals surface area contributed by atoms with Gasteiger partial charge in [-0.3, -0.25) is 9.59 Å². The van der Waals surface area contributed by atoms with E-state index in [0.717, 1.165) is 12.0 Å². The van der Waals surface area contributed by atoms with E-state index in [4.69, 9.17) is 4.74 Å². The summed E-state index contributed by atoms with van der Waals surface area (Å²) in [7, 11) is 1.33. The molecule has 0 radical (unpaired) electrons. The van der Waals surface area contributed by atoms with Crippen molar-refractivity contribution in [3.8, 4) is 0 Å². The fourth-order valence-electron chi connectivity index (χ4n) is 2.46. The van der Waals surface area contributed by atoms with Gasteiger partial charge in [0, 0.05) is 25.2 Å². The van der Waals surface area contributed by atoms with E-state index in [1.54, 1.807) is 18.3 Å². The molecule has 0 aromatic carbocycles. The molecule has 134 valence electrons. The van der Waals surface area contributed by atoms with Crippen LogP contribution in [0.15, 0.2) is 34.6 Å². The van der Waals surface area contributed by atoms with Crippen molar-refractivity contribution in [1.29, 1.82) is 0 Å². The van der Waals surface area contributed by atoms with E-state index in [1.807, 2.05) is 5.38 Å². The zero-order valence-corrected chi connectivity index (χ0v) is 15.4. The largest absolute Gasteiger partial charge is 0.465 e. The summed E-state index contributed by atoms with van der Waals surface area (Å²) in [5.41, 5.74) is 1.15. The second-order valence-electron chi connectivity index (χ2n) is 6.09. The van der Waals surface area contributed by atoms with Crippen molar-refractivity contribution in [2.24, 2.45) is 5.92 Å². The third-order valence-corrected chi connectivity index (χ3v) is 4.56. The van der Waals surface area contributed by atoms with Gasteiger partial charge in [0.15, 0.2) is 0 Å². The lowest BCUT2D eigenvalue weighted by Crippen LogP contribution is -2.22. The Morgan fingerprint density at radius 2 is 2.08 bits per heavy atom. The van der Waals surface area contributed by atoms with Crippen molar-refractivity contribution in [3.05, 3.63) is 51.3 Å². The molecule has 0 unspecified atom stereocenters. The molecule has 0 spiro atoms. The predicted molar refractivity (Wildman–Crippen MR) is 98.1 cm³/mol. The summed E-state index contributed by atoms with van der Waals surface area (Å²) in [6.45, 7) is 4.41. The molecule has 0 saturated heterocycles. The highest BCUT2D eigenvalue weighted by molar-refractivity contribution is 7.15. The standard InChI is InChI=1S/C18H22N2O4S/c1-12(2)10-13-11-25-17(16(13)18(23)24-3)19-14(21)7-9-20-8-5-4-6-15(20)22/h4-6,8,11-12H,7,9-10H2,1-3H3,(H,19,21). The number of amides is 1. The number of hydrogen-bond acceptors (Lipinski definition) is 5. The van der Waals surface area contributed by atoms with Gasteiger partial charge >= 0.3 is 5.97 Å². The van der Waals surface area contributed by atoms with E-state index in [1.165, 1.54) is 29.1 Å². The van der Waals surface area contributed by atoms with Gasteiger partial charge in [0.05, 0.1) is 12.7 Å². The molecule has 7 heteroatoms. The predicted octanol–water partition coefficient (Wildman–Crippen LogP) is 2.92. The maximum absolute atomic E-state index is 12.2. The van der Waals surface area contributed by atoms with Crippen molar-refractivity contribution in [2.75, 3.05) is 12.4 Å². The lowest BCUT2D eigenvalue weighted by Gasteiger charge is -2.09. The van der Waals surface area contributed by atoms with Gasteiger partial charge in [-0.2, -0.15) is 0 Å². The number of esters is 1. The number of ether oxygens (including phenoxy) is 1. The number of thiophene rings is 1. The van der Waals surface area contributed by atoms with Crippen LogP contribution in [-0.4, -0.2) is 23.6 Å². The van der Waals surface area contributed by atoms with Crippen molar-refractivity contribution in [1.82, 2.24) is 4.57 Å². The number of hydrogen-bond donors (Lipinski definition) is 1. The maximum Gasteiger partial charge on any atom is 0.341 e. The molecule has 0 atom stereocenters. The first-order valence-corrected chi connectivity index (χ1v) is 8.94. The number of aromatic nitrogens is 1. The minimum atomic E-state index is -0.452. The highest BCUT2D eigenvalue weighted by Gasteiger charge is 2.21. The molecule has 0 fully saturated rings. The summed E-state index contributed by atoms with van der Waals surface area (Å²) in [4.78, 5) is 36.0. The summed E-state index contributed by atoms with van der Waals surface area (Å²) in [5.74, 6) is -0.322. The lowest BCUT2D eigenvalue weighted by molar-refractivity contribution is -0.116. The van der Waals surface area contributed by atoms with Gasteiger partial charge in [-0.15, -0.1) is 11.3 Å². The summed E-state index contributed by atoms with van der Waals surface area (Å²) < 4.78 is 6.33. The van der Waals surface area contributed by atoms with E-state index in [-0.39, 0.29) is 24.4 Å². The molecule has 2 heterocycles. The number of carbonyl (C=O) groups excluding carboxylic acids is 2. The smallest absolute Gasteiger partial charge is 0.341 e. The van der Waals surface area contributed by atoms with Gasteiger partial charge in [-0.25, -0.2) is 4.79 Å². The molecule has 2 aromatic rings. The minimum Gasteiger partial charge on any atom is -0.465 e. The van der Waals surface area contributed by atoms with Crippen LogP contribution in [0.3, 0.4) is 0 Å². The van der Waals surface area contributed by atoms with Gasteiger partial charge in [-0.05, 0) is 29.3 Å². The van der Waals surface area contributed by atoms with Gasteiger partial charge in [0.2, 0.25) is 5.91 Å². The Hall–Kier alpha value is -2.41. The second kappa shape index (κ2) is 8.62. The Balaban J connectivity index is 2.09. The Morgan fingerprint density at radius 1 is 1.32 bits per heavy atom. The highest BCUT2D eigenvalue weighted by atomic mass is 32.1. The number of rotatable bonds is 7. The van der Waals surface area contributed by atoms with E-state index < -0.39 is 5.97 Å². The van der Waals surface area contributed by atoms with Crippen LogP contribution < -0.4 is 10.9 Å². The molecule has 1 N–H and O–H groups in total. The molecule has 2 rings (SSSR count). The third-order valence-electron chi connectivity index (χ3n) is 3.62. The number of pyridine rings is 1. The quantitative estimate of drug-likeness (QED) is 0.768. The zero-order chi connectivity index (χ0) is 18.4. The molecule has 25 heavy (non-hydrogen) atoms. The number of nitrogens with zero attached hydrogens (tertiary/aromatic N) is 1. The third kappa shape index (κ3) is 5.03. The van der Waals surface area contributed by atoms with Crippen LogP contribution in [0.5, 0.6) is 0 Å². The SMILES string of the molecule is COC(=O)c1c(CC(C)C)csc1NC(=O)CCn1ccccc1=O. The molecule has 1 amide bonds. The first-order chi connectivity index (χ1) is 11.9. The number of nitrogens with one attached hydrogen (secondary N) is 1. The Morgan fingerprint density at radius 3 is 2.72 bits per heavy atom. The number of aryl methyl sites for hydroxylation is 1.